The van der Waals surface area contributed by atoms with Gasteiger partial charge in [0, 0.05) is 41.9 Å². The average Bonchev–Trinajstić information content (AvgIpc) is 2.96. The fourth-order valence-electron chi connectivity index (χ4n) is 5.75. The molecule has 1 aromatic carbocycles. The molecule has 33 heavy (non-hydrogen) atoms. The maximum Gasteiger partial charge on any atom is 0.226 e. The summed E-state index contributed by atoms with van der Waals surface area (Å²) in [7, 11) is 0. The van der Waals surface area contributed by atoms with Crippen molar-refractivity contribution in [2.75, 3.05) is 13.1 Å². The van der Waals surface area contributed by atoms with Gasteiger partial charge in [-0.2, -0.15) is 4.73 Å². The number of aryl methyl sites for hydroxylation is 2. The number of carbonyl (C=O) groups is 1. The molecule has 6 heteroatoms. The summed E-state index contributed by atoms with van der Waals surface area (Å²) in [5.74, 6) is 0.498. The first kappa shape index (κ1) is 21.9. The van der Waals surface area contributed by atoms with E-state index in [4.69, 9.17) is 16.6 Å². The second-order valence-electron chi connectivity index (χ2n) is 9.41. The third kappa shape index (κ3) is 4.10. The van der Waals surface area contributed by atoms with Crippen LogP contribution >= 0.6 is 11.6 Å². The van der Waals surface area contributed by atoms with E-state index in [1.165, 1.54) is 34.8 Å². The van der Waals surface area contributed by atoms with Crippen LogP contribution in [-0.4, -0.2) is 28.9 Å². The van der Waals surface area contributed by atoms with Gasteiger partial charge in [-0.05, 0) is 79.0 Å². The van der Waals surface area contributed by atoms with E-state index in [0.717, 1.165) is 54.1 Å². The predicted octanol–water partition coefficient (Wildman–Crippen LogP) is 4.25. The topological polar surface area (TPSA) is 60.1 Å². The normalized spacial score (nSPS) is 20.6. The van der Waals surface area contributed by atoms with Crippen LogP contribution in [0.2, 0.25) is 5.02 Å². The smallest absolute Gasteiger partial charge is 0.226 e. The number of piperidine rings is 1. The van der Waals surface area contributed by atoms with Crippen molar-refractivity contribution >= 4 is 17.5 Å². The van der Waals surface area contributed by atoms with Crippen molar-refractivity contribution < 1.29 is 9.52 Å². The molecular weight excluding hydrogens is 434 g/mol. The molecule has 1 saturated heterocycles. The third-order valence-electron chi connectivity index (χ3n) is 7.56. The van der Waals surface area contributed by atoms with Crippen molar-refractivity contribution in [2.24, 2.45) is 5.92 Å². The van der Waals surface area contributed by atoms with Crippen molar-refractivity contribution in [2.45, 2.75) is 44.4 Å². The molecule has 0 spiro atoms. The van der Waals surface area contributed by atoms with Crippen LogP contribution in [0.5, 0.6) is 0 Å². The number of hydrogen-bond acceptors (Lipinski definition) is 3. The maximum absolute atomic E-state index is 12.9. The summed E-state index contributed by atoms with van der Waals surface area (Å²) in [6, 6.07) is 14.0. The van der Waals surface area contributed by atoms with Crippen LogP contribution in [0.15, 0.2) is 61.1 Å². The zero-order chi connectivity index (χ0) is 23.0. The number of rotatable bonds is 3. The van der Waals surface area contributed by atoms with E-state index in [0.29, 0.717) is 12.3 Å². The lowest BCUT2D eigenvalue weighted by Gasteiger charge is -2.43. The van der Waals surface area contributed by atoms with Crippen LogP contribution < -0.4 is 4.73 Å². The SMILES string of the molecule is CC1(C2CCN(C(=O)Cc3cc[n+]([O-])cc3)CC2)c2ccc(Cl)cc2CCc2cccnc21. The molecule has 3 aromatic rings. The standard InChI is InChI=1S/C27H28ClN3O2/c1-27(22-10-13-30(14-11-22)25(32)17-19-8-15-31(33)16-9-19)24-7-6-23(28)18-21(24)5-4-20-3-2-12-29-26(20)27/h2-3,6-9,12,15-16,18,22H,4-5,10-11,13-14,17H2,1H3. The Labute approximate surface area is 199 Å². The van der Waals surface area contributed by atoms with Crippen molar-refractivity contribution in [3.8, 4) is 0 Å². The molecule has 1 aliphatic carbocycles. The molecule has 5 rings (SSSR count). The second-order valence-corrected chi connectivity index (χ2v) is 9.85. The van der Waals surface area contributed by atoms with Gasteiger partial charge in [-0.25, -0.2) is 0 Å². The number of benzene rings is 1. The van der Waals surface area contributed by atoms with E-state index in [2.05, 4.69) is 25.1 Å². The van der Waals surface area contributed by atoms with E-state index in [1.54, 1.807) is 12.1 Å². The van der Waals surface area contributed by atoms with Crippen molar-refractivity contribution in [3.63, 3.8) is 0 Å². The number of fused-ring (bicyclic) bond motifs is 2. The van der Waals surface area contributed by atoms with Crippen LogP contribution in [0.1, 0.15) is 47.7 Å². The van der Waals surface area contributed by atoms with E-state index in [9.17, 15) is 10.0 Å². The Morgan fingerprint density at radius 3 is 2.64 bits per heavy atom. The van der Waals surface area contributed by atoms with Gasteiger partial charge in [0.05, 0.1) is 12.1 Å². The van der Waals surface area contributed by atoms with Crippen LogP contribution in [0.3, 0.4) is 0 Å². The number of nitrogens with zero attached hydrogens (tertiary/aromatic N) is 3. The Kier molecular flexibility index (Phi) is 5.83. The van der Waals surface area contributed by atoms with Crippen LogP contribution in [0, 0.1) is 11.1 Å². The molecule has 0 N–H and O–H groups in total. The average molecular weight is 462 g/mol. The largest absolute Gasteiger partial charge is 0.619 e. The summed E-state index contributed by atoms with van der Waals surface area (Å²) in [4.78, 5) is 19.8. The van der Waals surface area contributed by atoms with Gasteiger partial charge in [0.2, 0.25) is 5.91 Å². The summed E-state index contributed by atoms with van der Waals surface area (Å²) >= 11 is 6.37. The maximum atomic E-state index is 12.9. The summed E-state index contributed by atoms with van der Waals surface area (Å²) in [6.07, 6.45) is 8.89. The summed E-state index contributed by atoms with van der Waals surface area (Å²) < 4.78 is 0.740. The third-order valence-corrected chi connectivity index (χ3v) is 7.80. The molecule has 1 unspecified atom stereocenters. The highest BCUT2D eigenvalue weighted by molar-refractivity contribution is 6.30. The molecule has 0 radical (unpaired) electrons. The Morgan fingerprint density at radius 2 is 1.88 bits per heavy atom. The molecule has 1 fully saturated rings. The molecule has 2 aromatic heterocycles. The minimum Gasteiger partial charge on any atom is -0.619 e. The summed E-state index contributed by atoms with van der Waals surface area (Å²) in [5, 5.41) is 12.0. The van der Waals surface area contributed by atoms with Gasteiger partial charge in [0.1, 0.15) is 0 Å². The Morgan fingerprint density at radius 1 is 1.15 bits per heavy atom. The first-order valence-corrected chi connectivity index (χ1v) is 12.0. The van der Waals surface area contributed by atoms with Gasteiger partial charge < -0.3 is 10.1 Å². The molecular formula is C27H28ClN3O2. The minimum atomic E-state index is -0.219. The van der Waals surface area contributed by atoms with Crippen LogP contribution in [-0.2, 0) is 29.5 Å². The van der Waals surface area contributed by atoms with Crippen molar-refractivity contribution in [3.05, 3.63) is 99.2 Å². The number of aromatic nitrogens is 2. The molecule has 1 amide bonds. The lowest BCUT2D eigenvalue weighted by Crippen LogP contribution is -2.45. The van der Waals surface area contributed by atoms with Crippen LogP contribution in [0.25, 0.3) is 0 Å². The highest BCUT2D eigenvalue weighted by Crippen LogP contribution is 2.47. The van der Waals surface area contributed by atoms with E-state index >= 15 is 0 Å². The lowest BCUT2D eigenvalue weighted by molar-refractivity contribution is -0.605. The summed E-state index contributed by atoms with van der Waals surface area (Å²) in [6.45, 7) is 3.80. The Balaban J connectivity index is 1.40. The molecule has 0 saturated carbocycles. The molecule has 5 nitrogen and oxygen atoms in total. The molecule has 3 heterocycles. The van der Waals surface area contributed by atoms with Gasteiger partial charge in [-0.1, -0.05) is 23.7 Å². The zero-order valence-electron chi connectivity index (χ0n) is 18.8. The fraction of sp³-hybridized carbons (Fsp3) is 0.370. The molecule has 0 bridgehead atoms. The van der Waals surface area contributed by atoms with Gasteiger partial charge in [0.15, 0.2) is 12.4 Å². The van der Waals surface area contributed by atoms with Crippen molar-refractivity contribution in [1.82, 2.24) is 9.88 Å². The van der Waals surface area contributed by atoms with E-state index in [1.807, 2.05) is 23.2 Å². The van der Waals surface area contributed by atoms with E-state index in [-0.39, 0.29) is 11.3 Å². The Bertz CT molecular complexity index is 1170. The monoisotopic (exact) mass is 461 g/mol. The molecule has 2 aliphatic rings. The molecule has 1 atom stereocenters. The number of amides is 1. The number of hydrogen-bond donors (Lipinski definition) is 0. The number of pyridine rings is 2. The first-order valence-electron chi connectivity index (χ1n) is 11.6. The highest BCUT2D eigenvalue weighted by Gasteiger charge is 2.44. The molecule has 1 aliphatic heterocycles. The number of halogens is 1. The Hall–Kier alpha value is -2.92. The van der Waals surface area contributed by atoms with Crippen molar-refractivity contribution in [1.29, 1.82) is 0 Å². The fourth-order valence-corrected chi connectivity index (χ4v) is 5.94. The zero-order valence-corrected chi connectivity index (χ0v) is 19.6. The second kappa shape index (κ2) is 8.79. The molecule has 170 valence electrons. The van der Waals surface area contributed by atoms with E-state index < -0.39 is 0 Å². The number of carbonyl (C=O) groups excluding carboxylic acids is 1. The predicted molar refractivity (Wildman–Crippen MR) is 128 cm³/mol. The van der Waals surface area contributed by atoms with Gasteiger partial charge >= 0.3 is 0 Å². The minimum absolute atomic E-state index is 0.119. The summed E-state index contributed by atoms with van der Waals surface area (Å²) in [5.41, 5.74) is 5.76. The quantitative estimate of drug-likeness (QED) is 0.432. The van der Waals surface area contributed by atoms with Crippen LogP contribution in [0.4, 0.5) is 0 Å². The first-order chi connectivity index (χ1) is 15.9. The lowest BCUT2D eigenvalue weighted by atomic mass is 9.64. The van der Waals surface area contributed by atoms with Gasteiger partial charge in [-0.3, -0.25) is 9.78 Å². The van der Waals surface area contributed by atoms with Gasteiger partial charge in [0.25, 0.3) is 0 Å². The van der Waals surface area contributed by atoms with Gasteiger partial charge in [-0.15, -0.1) is 0 Å². The highest BCUT2D eigenvalue weighted by atomic mass is 35.5. The number of likely N-dealkylation sites (tertiary alicyclic amines) is 1.